The minimum atomic E-state index is -1.91. The number of ketones is 1. The Bertz CT molecular complexity index is 1060. The SMILES string of the molecule is CC[C@@H]1OC(=O)[C@H](C)C(=O)[C@H](C)[C@@H](O[C@@H]2O[C@H](C)C[C@H](N(C)C)[C@H]2O)[C@@](C)(OC)C[C@@H](C)/C(=N\OCOCCOC)[C@@H](C)[C@@H](O)[C@]1(C)O. The van der Waals surface area contributed by atoms with Crippen LogP contribution in [0.25, 0.3) is 0 Å². The zero-order valence-electron chi connectivity index (χ0n) is 31.0. The summed E-state index contributed by atoms with van der Waals surface area (Å²) in [6, 6.07) is -0.270. The Morgan fingerprint density at radius 1 is 1.02 bits per heavy atom. The summed E-state index contributed by atoms with van der Waals surface area (Å²) in [5, 5.41) is 39.0. The van der Waals surface area contributed by atoms with E-state index < -0.39 is 77.3 Å². The van der Waals surface area contributed by atoms with Gasteiger partial charge < -0.3 is 53.5 Å². The number of esters is 1. The standard InChI is InChI=1S/C34H62N2O12/c1-13-25-34(8,41)29(39)21(4)26(35-45-18-44-15-14-42-11)19(2)17-33(7,43-12)30(22(5)27(37)23(6)31(40)47-25)48-32-28(38)24(36(9)10)16-20(3)46-32/h19-25,28-30,32,38-39,41H,13-18H2,1-12H3/b35-26+/t19-,20-,21-,22+,23-,24+,25+,28-,29-,30-,32+,33+,34-/m1/s1. The molecule has 13 atom stereocenters. The van der Waals surface area contributed by atoms with E-state index in [0.29, 0.717) is 18.7 Å². The molecule has 2 aliphatic rings. The number of ether oxygens (including phenoxy) is 6. The molecule has 0 radical (unpaired) electrons. The van der Waals surface area contributed by atoms with Gasteiger partial charge in [-0.2, -0.15) is 0 Å². The number of carbonyl (C=O) groups excluding carboxylic acids is 2. The highest BCUT2D eigenvalue weighted by Gasteiger charge is 2.51. The van der Waals surface area contributed by atoms with Gasteiger partial charge in [0.15, 0.2) is 12.1 Å². The number of hydrogen-bond acceptors (Lipinski definition) is 14. The van der Waals surface area contributed by atoms with E-state index in [-0.39, 0.29) is 38.4 Å². The number of oxime groups is 1. The molecule has 0 amide bonds. The Balaban J connectivity index is 2.68. The first-order chi connectivity index (χ1) is 22.4. The fourth-order valence-corrected chi connectivity index (χ4v) is 6.96. The summed E-state index contributed by atoms with van der Waals surface area (Å²) in [5.41, 5.74) is -2.77. The van der Waals surface area contributed by atoms with Crippen LogP contribution in [0.4, 0.5) is 0 Å². The topological polar surface area (TPSA) is 175 Å². The van der Waals surface area contributed by atoms with Crippen molar-refractivity contribution in [3.8, 4) is 0 Å². The zero-order valence-corrected chi connectivity index (χ0v) is 31.0. The maximum absolute atomic E-state index is 14.0. The number of carbonyl (C=O) groups is 2. The van der Waals surface area contributed by atoms with E-state index in [1.54, 1.807) is 34.8 Å². The first-order valence-corrected chi connectivity index (χ1v) is 17.0. The number of cyclic esters (lactones) is 1. The van der Waals surface area contributed by atoms with Gasteiger partial charge in [0.25, 0.3) is 0 Å². The van der Waals surface area contributed by atoms with Gasteiger partial charge in [-0.15, -0.1) is 0 Å². The quantitative estimate of drug-likeness (QED) is 0.0947. The van der Waals surface area contributed by atoms with Crippen LogP contribution in [0.2, 0.25) is 0 Å². The molecule has 280 valence electrons. The molecule has 0 aromatic carbocycles. The van der Waals surface area contributed by atoms with Crippen LogP contribution in [0, 0.1) is 23.7 Å². The molecule has 0 aliphatic carbocycles. The Kier molecular flexibility index (Phi) is 16.3. The van der Waals surface area contributed by atoms with Gasteiger partial charge in [0.1, 0.15) is 23.7 Å². The molecule has 14 heteroatoms. The van der Waals surface area contributed by atoms with Gasteiger partial charge in [-0.05, 0) is 61.1 Å². The van der Waals surface area contributed by atoms with Crippen molar-refractivity contribution < 1.29 is 58.2 Å². The summed E-state index contributed by atoms with van der Waals surface area (Å²) in [6.07, 6.45) is -5.08. The predicted molar refractivity (Wildman–Crippen MR) is 177 cm³/mol. The number of nitrogens with zero attached hydrogens (tertiary/aromatic N) is 2. The van der Waals surface area contributed by atoms with Crippen LogP contribution >= 0.6 is 0 Å². The van der Waals surface area contributed by atoms with Crippen molar-refractivity contribution in [1.82, 2.24) is 4.90 Å². The van der Waals surface area contributed by atoms with Crippen LogP contribution in [0.1, 0.15) is 74.7 Å². The van der Waals surface area contributed by atoms with E-state index >= 15 is 0 Å². The van der Waals surface area contributed by atoms with Gasteiger partial charge in [0.05, 0.1) is 42.8 Å². The third-order valence-corrected chi connectivity index (χ3v) is 10.1. The van der Waals surface area contributed by atoms with Crippen LogP contribution in [0.3, 0.4) is 0 Å². The molecule has 3 N–H and O–H groups in total. The van der Waals surface area contributed by atoms with Crippen LogP contribution in [-0.2, 0) is 42.8 Å². The number of Topliss-reactive ketones (excluding diaryl/α,β-unsaturated/α-hetero) is 1. The highest BCUT2D eigenvalue weighted by atomic mass is 16.7. The lowest BCUT2D eigenvalue weighted by molar-refractivity contribution is -0.295. The Morgan fingerprint density at radius 2 is 1.67 bits per heavy atom. The second-order valence-corrected chi connectivity index (χ2v) is 14.1. The number of hydrogen-bond donors (Lipinski definition) is 3. The van der Waals surface area contributed by atoms with Crippen LogP contribution in [0.5, 0.6) is 0 Å². The molecule has 0 saturated carbocycles. The maximum atomic E-state index is 14.0. The van der Waals surface area contributed by atoms with Crippen molar-refractivity contribution >= 4 is 17.5 Å². The number of methoxy groups -OCH3 is 2. The lowest BCUT2D eigenvalue weighted by atomic mass is 9.74. The van der Waals surface area contributed by atoms with Gasteiger partial charge in [-0.25, -0.2) is 0 Å². The van der Waals surface area contributed by atoms with E-state index in [0.717, 1.165) is 0 Å². The van der Waals surface area contributed by atoms with Crippen molar-refractivity contribution in [2.75, 3.05) is 48.3 Å². The molecule has 2 fully saturated rings. The summed E-state index contributed by atoms with van der Waals surface area (Å²) in [4.78, 5) is 34.9. The van der Waals surface area contributed by atoms with Crippen molar-refractivity contribution in [1.29, 1.82) is 0 Å². The number of rotatable bonds is 11. The maximum Gasteiger partial charge on any atom is 0.316 e. The largest absolute Gasteiger partial charge is 0.459 e. The molecule has 48 heavy (non-hydrogen) atoms. The van der Waals surface area contributed by atoms with Crippen molar-refractivity contribution in [3.05, 3.63) is 0 Å². The molecule has 2 saturated heterocycles. The van der Waals surface area contributed by atoms with Crippen LogP contribution in [-0.4, -0.2) is 140 Å². The molecule has 0 bridgehead atoms. The van der Waals surface area contributed by atoms with E-state index in [1.807, 2.05) is 32.8 Å². The Labute approximate surface area is 286 Å². The molecular weight excluding hydrogens is 628 g/mol. The molecule has 2 aliphatic heterocycles. The number of aliphatic hydroxyl groups is 3. The molecule has 0 aromatic heterocycles. The Hall–Kier alpha value is -1.75. The smallest absolute Gasteiger partial charge is 0.316 e. The van der Waals surface area contributed by atoms with Gasteiger partial charge in [-0.1, -0.05) is 32.9 Å². The van der Waals surface area contributed by atoms with Crippen molar-refractivity contribution in [2.24, 2.45) is 28.8 Å². The average Bonchev–Trinajstić information content (AvgIpc) is 3.04. The lowest BCUT2D eigenvalue weighted by Gasteiger charge is -2.47. The monoisotopic (exact) mass is 690 g/mol. The fourth-order valence-electron chi connectivity index (χ4n) is 6.96. The minimum absolute atomic E-state index is 0.167. The molecular formula is C34H62N2O12. The average molecular weight is 691 g/mol. The summed E-state index contributed by atoms with van der Waals surface area (Å²) in [7, 11) is 6.79. The van der Waals surface area contributed by atoms with Crippen molar-refractivity contribution in [2.45, 2.75) is 129 Å². The van der Waals surface area contributed by atoms with E-state index in [2.05, 4.69) is 5.16 Å². The third kappa shape index (κ3) is 10.2. The molecule has 2 rings (SSSR count). The van der Waals surface area contributed by atoms with Gasteiger partial charge in [-0.3, -0.25) is 9.59 Å². The predicted octanol–water partition coefficient (Wildman–Crippen LogP) is 2.15. The van der Waals surface area contributed by atoms with Crippen LogP contribution in [0.15, 0.2) is 5.16 Å². The highest BCUT2D eigenvalue weighted by molar-refractivity contribution is 6.00. The molecule has 0 spiro atoms. The lowest BCUT2D eigenvalue weighted by Crippen LogP contribution is -2.60. The van der Waals surface area contributed by atoms with Crippen LogP contribution < -0.4 is 0 Å². The first kappa shape index (κ1) is 42.4. The van der Waals surface area contributed by atoms with E-state index in [4.69, 9.17) is 33.3 Å². The van der Waals surface area contributed by atoms with Crippen molar-refractivity contribution in [3.63, 3.8) is 0 Å². The summed E-state index contributed by atoms with van der Waals surface area (Å²) in [5.74, 6) is -4.77. The Morgan fingerprint density at radius 3 is 2.23 bits per heavy atom. The molecule has 2 heterocycles. The molecule has 14 nitrogen and oxygen atoms in total. The zero-order chi connectivity index (χ0) is 36.6. The summed E-state index contributed by atoms with van der Waals surface area (Å²) < 4.78 is 35.0. The number of likely N-dealkylation sites (N-methyl/N-ethyl adjacent to an activating group) is 1. The fraction of sp³-hybridized carbons (Fsp3) is 0.912. The number of aliphatic hydroxyl groups excluding tert-OH is 2. The minimum Gasteiger partial charge on any atom is -0.459 e. The second kappa shape index (κ2) is 18.5. The second-order valence-electron chi connectivity index (χ2n) is 14.1. The first-order valence-electron chi connectivity index (χ1n) is 17.0. The van der Waals surface area contributed by atoms with Gasteiger partial charge in [0.2, 0.25) is 6.79 Å². The van der Waals surface area contributed by atoms with Gasteiger partial charge >= 0.3 is 5.97 Å². The van der Waals surface area contributed by atoms with E-state index in [9.17, 15) is 24.9 Å². The normalized spacial score (nSPS) is 41.7. The summed E-state index contributed by atoms with van der Waals surface area (Å²) in [6.45, 7) is 13.9. The molecule has 0 aromatic rings. The highest BCUT2D eigenvalue weighted by Crippen LogP contribution is 2.38. The van der Waals surface area contributed by atoms with E-state index in [1.165, 1.54) is 21.0 Å². The third-order valence-electron chi connectivity index (χ3n) is 10.1. The summed E-state index contributed by atoms with van der Waals surface area (Å²) >= 11 is 0. The van der Waals surface area contributed by atoms with Gasteiger partial charge in [0, 0.05) is 38.0 Å². The molecule has 0 unspecified atom stereocenters.